The number of piperidine rings is 2. The molecular formula is C56H68Cl4N4O6Si2. The van der Waals surface area contributed by atoms with Crippen molar-refractivity contribution in [1.82, 2.24) is 9.80 Å². The van der Waals surface area contributed by atoms with Crippen LogP contribution in [0.4, 0.5) is 11.4 Å². The van der Waals surface area contributed by atoms with Crippen LogP contribution >= 0.6 is 46.4 Å². The van der Waals surface area contributed by atoms with Crippen molar-refractivity contribution in [2.45, 2.75) is 126 Å². The van der Waals surface area contributed by atoms with E-state index in [-0.39, 0.29) is 48.9 Å². The Morgan fingerprint density at radius 2 is 0.889 bits per heavy atom. The average Bonchev–Trinajstić information content (AvgIpc) is 4.27. The molecule has 2 aliphatic carbocycles. The van der Waals surface area contributed by atoms with Crippen molar-refractivity contribution in [2.75, 3.05) is 49.6 Å². The van der Waals surface area contributed by atoms with Gasteiger partial charge >= 0.3 is 0 Å². The number of hydrogen-bond acceptors (Lipinski definition) is 6. The van der Waals surface area contributed by atoms with E-state index in [1.165, 1.54) is 0 Å². The summed E-state index contributed by atoms with van der Waals surface area (Å²) in [5.74, 6) is 0.313. The summed E-state index contributed by atoms with van der Waals surface area (Å²) in [7, 11) is -2.55. The lowest BCUT2D eigenvalue weighted by Crippen LogP contribution is -2.61. The highest BCUT2D eigenvalue weighted by Crippen LogP contribution is 2.59. The first-order chi connectivity index (χ1) is 34.2. The SMILES string of the molecule is C[Si](C)(C)CCOCN1C(=O)[C@@]2(c3ccc(Cl)cc31)[C@@H](c1cccc(Cl)c1)CCC(=O)N2CC1CC1.C[Si](C)(C)CCOCN1C(=O)[C@]2(c3ccc(Cl)cc31)[C@H](c1cccc(Cl)c1)CCC(=O)N2CC1CC1. The first kappa shape index (κ1) is 53.1. The van der Waals surface area contributed by atoms with Gasteiger partial charge in [0.15, 0.2) is 11.1 Å². The second-order valence-electron chi connectivity index (χ2n) is 23.2. The fourth-order valence-corrected chi connectivity index (χ4v) is 13.6. The molecule has 4 aliphatic heterocycles. The Labute approximate surface area is 447 Å². The summed E-state index contributed by atoms with van der Waals surface area (Å²) >= 11 is 25.7. The molecule has 2 saturated heterocycles. The highest BCUT2D eigenvalue weighted by atomic mass is 35.5. The highest BCUT2D eigenvalue weighted by Gasteiger charge is 2.64. The molecule has 4 amide bonds. The minimum atomic E-state index is -1.28. The van der Waals surface area contributed by atoms with Crippen LogP contribution in [0.25, 0.3) is 0 Å². The first-order valence-corrected chi connectivity index (χ1v) is 34.7. The van der Waals surface area contributed by atoms with Gasteiger partial charge < -0.3 is 19.3 Å². The van der Waals surface area contributed by atoms with E-state index in [1.54, 1.807) is 9.80 Å². The molecule has 4 aromatic rings. The molecule has 0 radical (unpaired) electrons. The predicted octanol–water partition coefficient (Wildman–Crippen LogP) is 13.3. The Hall–Kier alpha value is -3.73. The van der Waals surface area contributed by atoms with Gasteiger partial charge in [0.1, 0.15) is 13.5 Å². The van der Waals surface area contributed by atoms with Gasteiger partial charge in [-0.2, -0.15) is 0 Å². The Kier molecular flexibility index (Phi) is 15.6. The summed E-state index contributed by atoms with van der Waals surface area (Å²) in [6.45, 7) is 16.5. The van der Waals surface area contributed by atoms with Gasteiger partial charge in [-0.1, -0.05) is 122 Å². The summed E-state index contributed by atoms with van der Waals surface area (Å²) < 4.78 is 12.2. The third-order valence-electron chi connectivity index (χ3n) is 15.4. The van der Waals surface area contributed by atoms with E-state index in [4.69, 9.17) is 55.9 Å². The molecule has 0 N–H and O–H groups in total. The van der Waals surface area contributed by atoms with Crippen molar-refractivity contribution < 1.29 is 28.7 Å². The lowest BCUT2D eigenvalue weighted by atomic mass is 9.69. The Morgan fingerprint density at radius 1 is 0.514 bits per heavy atom. The average molecular weight is 1090 g/mol. The van der Waals surface area contributed by atoms with E-state index in [0.717, 1.165) is 71.4 Å². The predicted molar refractivity (Wildman–Crippen MR) is 295 cm³/mol. The number of benzene rings is 4. The number of hydrogen-bond donors (Lipinski definition) is 0. The molecular weight excluding hydrogens is 1020 g/mol. The van der Waals surface area contributed by atoms with Crippen LogP contribution in [-0.2, 0) is 39.7 Å². The maximum absolute atomic E-state index is 14.7. The molecule has 4 fully saturated rings. The third-order valence-corrected chi connectivity index (χ3v) is 19.8. The highest BCUT2D eigenvalue weighted by molar-refractivity contribution is 6.76. The normalized spacial score (nSPS) is 24.1. The maximum atomic E-state index is 14.7. The van der Waals surface area contributed by atoms with Crippen LogP contribution < -0.4 is 9.80 Å². The lowest BCUT2D eigenvalue weighted by molar-refractivity contribution is -0.154. The minimum absolute atomic E-state index is 0.0379. The number of anilines is 2. The van der Waals surface area contributed by atoms with Crippen LogP contribution in [0, 0.1) is 11.8 Å². The van der Waals surface area contributed by atoms with Crippen molar-refractivity contribution in [1.29, 1.82) is 0 Å². The summed E-state index contributed by atoms with van der Waals surface area (Å²) in [6, 6.07) is 28.7. The van der Waals surface area contributed by atoms with Gasteiger partial charge in [-0.25, -0.2) is 0 Å². The van der Waals surface area contributed by atoms with Crippen LogP contribution in [0.5, 0.6) is 0 Å². The van der Waals surface area contributed by atoms with Gasteiger partial charge in [-0.15, -0.1) is 0 Å². The summed E-state index contributed by atoms with van der Waals surface area (Å²) in [5.41, 5.74) is 2.84. The van der Waals surface area contributed by atoms with E-state index in [0.29, 0.717) is 83.9 Å². The number of carbonyl (C=O) groups is 4. The fourth-order valence-electron chi connectivity index (χ4n) is 11.3. The van der Waals surface area contributed by atoms with Crippen LogP contribution in [-0.4, -0.2) is 89.3 Å². The summed E-state index contributed by atoms with van der Waals surface area (Å²) in [6.07, 6.45) is 6.35. The molecule has 6 aliphatic rings. The zero-order valence-corrected chi connectivity index (χ0v) is 47.5. The standard InChI is InChI=1S/2C28H34Cl2N2O3Si/c2*1-36(2,3)14-13-35-18-31-25-16-22(30)9-10-24(25)28(27(31)34)23(20-5-4-6-21(29)15-20)11-12-26(33)32(28)17-19-7-8-19/h2*4-6,9-10,15-16,19,23H,7-8,11-14,17-18H2,1-3H3/t2*23-,28+/m10/s1. The fraction of sp³-hybridized carbons (Fsp3) is 0.500. The van der Waals surface area contributed by atoms with Crippen molar-refractivity contribution in [2.24, 2.45) is 11.8 Å². The monoisotopic (exact) mass is 1090 g/mol. The molecule has 0 aromatic heterocycles. The molecule has 10 rings (SSSR count). The molecule has 2 saturated carbocycles. The van der Waals surface area contributed by atoms with Crippen molar-refractivity contribution in [3.8, 4) is 0 Å². The van der Waals surface area contributed by atoms with Gasteiger partial charge in [-0.3, -0.25) is 29.0 Å². The van der Waals surface area contributed by atoms with Gasteiger partial charge in [0.2, 0.25) is 11.8 Å². The first-order valence-electron chi connectivity index (χ1n) is 25.7. The van der Waals surface area contributed by atoms with E-state index in [9.17, 15) is 19.2 Å². The number of likely N-dealkylation sites (tertiary alicyclic amines) is 2. The molecule has 0 unspecified atom stereocenters. The molecule has 4 atom stereocenters. The minimum Gasteiger partial charge on any atom is -0.361 e. The van der Waals surface area contributed by atoms with Crippen LogP contribution in [0.3, 0.4) is 0 Å². The maximum Gasteiger partial charge on any atom is 0.260 e. The summed E-state index contributed by atoms with van der Waals surface area (Å²) in [5, 5.41) is 2.37. The molecule has 4 aromatic carbocycles. The van der Waals surface area contributed by atoms with E-state index in [1.807, 2.05) is 94.7 Å². The van der Waals surface area contributed by atoms with E-state index >= 15 is 0 Å². The second-order valence-corrected chi connectivity index (χ2v) is 36.2. The number of nitrogens with zero attached hydrogens (tertiary/aromatic N) is 4. The Morgan fingerprint density at radius 3 is 1.24 bits per heavy atom. The molecule has 2 spiro atoms. The number of amides is 4. The smallest absolute Gasteiger partial charge is 0.260 e. The second kappa shape index (κ2) is 21.1. The number of ether oxygens (including phenoxy) is 2. The number of halogens is 4. The number of carbonyl (C=O) groups excluding carboxylic acids is 4. The van der Waals surface area contributed by atoms with Gasteiger partial charge in [-0.05, 0) is 122 Å². The Bertz CT molecular complexity index is 2540. The molecule has 384 valence electrons. The number of rotatable bonds is 16. The third kappa shape index (κ3) is 10.7. The van der Waals surface area contributed by atoms with Crippen molar-refractivity contribution >= 4 is 97.6 Å². The van der Waals surface area contributed by atoms with Crippen LogP contribution in [0.2, 0.25) is 71.5 Å². The van der Waals surface area contributed by atoms with Gasteiger partial charge in [0.25, 0.3) is 11.8 Å². The largest absolute Gasteiger partial charge is 0.361 e. The van der Waals surface area contributed by atoms with Crippen LogP contribution in [0.1, 0.15) is 85.5 Å². The molecule has 0 bridgehead atoms. The zero-order chi connectivity index (χ0) is 51.3. The molecule has 10 nitrogen and oxygen atoms in total. The number of fused-ring (bicyclic) bond motifs is 4. The quantitative estimate of drug-likeness (QED) is 0.0819. The van der Waals surface area contributed by atoms with Crippen molar-refractivity contribution in [3.05, 3.63) is 127 Å². The molecule has 4 heterocycles. The zero-order valence-electron chi connectivity index (χ0n) is 42.5. The summed E-state index contributed by atoms with van der Waals surface area (Å²) in [4.78, 5) is 63.6. The van der Waals surface area contributed by atoms with E-state index in [2.05, 4.69) is 39.3 Å². The van der Waals surface area contributed by atoms with E-state index < -0.39 is 27.2 Å². The van der Waals surface area contributed by atoms with Crippen molar-refractivity contribution in [3.63, 3.8) is 0 Å². The van der Waals surface area contributed by atoms with Gasteiger partial charge in [0.05, 0.1) is 11.4 Å². The molecule has 72 heavy (non-hydrogen) atoms. The lowest BCUT2D eigenvalue weighted by Gasteiger charge is -2.49. The van der Waals surface area contributed by atoms with Gasteiger partial charge in [0, 0.05) is 98.3 Å². The topological polar surface area (TPSA) is 99.7 Å². The molecule has 16 heteroatoms. The van der Waals surface area contributed by atoms with Crippen LogP contribution in [0.15, 0.2) is 84.9 Å². The Balaban J connectivity index is 0.000000178.